The number of nitrogens with two attached hydrogens (primary N) is 1. The first kappa shape index (κ1) is 20.3. The molecule has 0 bridgehead atoms. The molecule has 116 valence electrons. The minimum Gasteiger partial charge on any atom is -0.396 e. The van der Waals surface area contributed by atoms with Crippen LogP contribution in [-0.2, 0) is 0 Å². The molecule has 9 heteroatoms. The molecule has 0 aliphatic carbocycles. The highest BCUT2D eigenvalue weighted by atomic mass is 35.5. The van der Waals surface area contributed by atoms with Crippen molar-refractivity contribution in [2.75, 3.05) is 18.8 Å². The van der Waals surface area contributed by atoms with Crippen LogP contribution in [0.1, 0.15) is 18.1 Å². The minimum absolute atomic E-state index is 0. The minimum atomic E-state index is -2.27. The summed E-state index contributed by atoms with van der Waals surface area (Å²) >= 11 is 22.1. The van der Waals surface area contributed by atoms with Crippen molar-refractivity contribution in [1.82, 2.24) is 5.32 Å². The van der Waals surface area contributed by atoms with Crippen LogP contribution in [0.2, 0.25) is 10.0 Å². The number of hydrogen-bond acceptors (Lipinski definition) is 3. The number of rotatable bonds is 6. The van der Waals surface area contributed by atoms with Gasteiger partial charge in [-0.3, -0.25) is 0 Å². The number of hydrogen-bond donors (Lipinski definition) is 3. The van der Waals surface area contributed by atoms with Crippen LogP contribution < -0.4 is 11.1 Å². The Kier molecular flexibility index (Phi) is 8.83. The van der Waals surface area contributed by atoms with Gasteiger partial charge in [0.2, 0.25) is 0 Å². The third-order valence-corrected chi connectivity index (χ3v) is 3.41. The molecule has 1 rings (SSSR count). The summed E-state index contributed by atoms with van der Waals surface area (Å²) in [5.74, 6) is 0. The zero-order valence-corrected chi connectivity index (χ0v) is 14.0. The van der Waals surface area contributed by atoms with E-state index in [9.17, 15) is 9.50 Å². The van der Waals surface area contributed by atoms with Gasteiger partial charge in [-0.05, 0) is 17.7 Å². The van der Waals surface area contributed by atoms with Crippen molar-refractivity contribution in [3.05, 3.63) is 27.7 Å². The summed E-state index contributed by atoms with van der Waals surface area (Å²) in [5, 5.41) is 13.3. The van der Waals surface area contributed by atoms with E-state index in [4.69, 9.17) is 52.1 Å². The van der Waals surface area contributed by atoms with Gasteiger partial charge >= 0.3 is 0 Å². The normalized spacial score (nSPS) is 12.9. The highest BCUT2D eigenvalue weighted by molar-refractivity contribution is 6.47. The lowest BCUT2D eigenvalue weighted by Gasteiger charge is -2.15. The van der Waals surface area contributed by atoms with E-state index < -0.39 is 10.7 Å². The van der Waals surface area contributed by atoms with Gasteiger partial charge in [0.15, 0.2) is 0 Å². The molecular formula is C11H14Cl5FN2O. The summed E-state index contributed by atoms with van der Waals surface area (Å²) < 4.78 is 10.5. The first-order chi connectivity index (χ1) is 8.70. The first-order valence-corrected chi connectivity index (χ1v) is 6.92. The number of aliphatic hydroxyl groups is 1. The maximum absolute atomic E-state index is 12.8. The Morgan fingerprint density at radius 3 is 2.25 bits per heavy atom. The molecule has 0 heterocycles. The molecule has 0 radical (unpaired) electrons. The molecule has 4 N–H and O–H groups in total. The van der Waals surface area contributed by atoms with Gasteiger partial charge in [-0.1, -0.05) is 46.4 Å². The summed E-state index contributed by atoms with van der Waals surface area (Å²) in [6, 6.07) is 3.05. The molecule has 0 aromatic heterocycles. The third kappa shape index (κ3) is 6.85. The van der Waals surface area contributed by atoms with E-state index in [1.807, 2.05) is 0 Å². The molecule has 1 aromatic carbocycles. The Bertz CT molecular complexity index is 418. The summed E-state index contributed by atoms with van der Waals surface area (Å²) in [4.78, 5) is 0. The summed E-state index contributed by atoms with van der Waals surface area (Å²) in [6.07, 6.45) is -0.943. The van der Waals surface area contributed by atoms with Gasteiger partial charge in [0.05, 0.1) is 21.8 Å². The van der Waals surface area contributed by atoms with E-state index in [0.29, 0.717) is 5.56 Å². The number of alkyl halides is 3. The SMILES string of the molecule is Cl.Nc1c(Cl)cc(C(O)CNCCC(F)(Cl)Cl)cc1Cl. The van der Waals surface area contributed by atoms with Crippen molar-refractivity contribution in [2.45, 2.75) is 17.1 Å². The van der Waals surface area contributed by atoms with Gasteiger partial charge in [0, 0.05) is 19.5 Å². The number of nitrogens with one attached hydrogen (secondary N) is 1. The smallest absolute Gasteiger partial charge is 0.258 e. The molecule has 0 spiro atoms. The lowest BCUT2D eigenvalue weighted by atomic mass is 10.1. The van der Waals surface area contributed by atoms with Crippen LogP contribution in [0.5, 0.6) is 0 Å². The van der Waals surface area contributed by atoms with E-state index in [2.05, 4.69) is 5.32 Å². The largest absolute Gasteiger partial charge is 0.396 e. The van der Waals surface area contributed by atoms with Crippen LogP contribution in [0.15, 0.2) is 12.1 Å². The van der Waals surface area contributed by atoms with E-state index in [1.54, 1.807) is 0 Å². The van der Waals surface area contributed by atoms with Crippen LogP contribution >= 0.6 is 58.8 Å². The van der Waals surface area contributed by atoms with Gasteiger partial charge in [0.25, 0.3) is 4.59 Å². The second kappa shape index (κ2) is 8.69. The zero-order chi connectivity index (χ0) is 14.6. The highest BCUT2D eigenvalue weighted by Crippen LogP contribution is 2.31. The van der Waals surface area contributed by atoms with Crippen molar-refractivity contribution in [3.8, 4) is 0 Å². The van der Waals surface area contributed by atoms with Crippen LogP contribution in [0, 0.1) is 0 Å². The second-order valence-corrected chi connectivity index (χ2v) is 6.19. The molecule has 20 heavy (non-hydrogen) atoms. The monoisotopic (exact) mass is 384 g/mol. The van der Waals surface area contributed by atoms with Gasteiger partial charge in [-0.15, -0.1) is 12.4 Å². The van der Waals surface area contributed by atoms with Crippen molar-refractivity contribution in [3.63, 3.8) is 0 Å². The third-order valence-electron chi connectivity index (χ3n) is 2.41. The van der Waals surface area contributed by atoms with Gasteiger partial charge < -0.3 is 16.2 Å². The molecule has 0 aliphatic rings. The topological polar surface area (TPSA) is 58.3 Å². The van der Waals surface area contributed by atoms with Gasteiger partial charge in [-0.25, -0.2) is 4.39 Å². The molecule has 1 unspecified atom stereocenters. The molecule has 0 saturated heterocycles. The van der Waals surface area contributed by atoms with Crippen LogP contribution in [0.25, 0.3) is 0 Å². The molecule has 0 fully saturated rings. The Balaban J connectivity index is 0.00000361. The highest BCUT2D eigenvalue weighted by Gasteiger charge is 2.21. The molecule has 3 nitrogen and oxygen atoms in total. The fraction of sp³-hybridized carbons (Fsp3) is 0.455. The average molecular weight is 387 g/mol. The summed E-state index contributed by atoms with van der Waals surface area (Å²) in [5.41, 5.74) is 6.36. The number of aliphatic hydroxyl groups excluding tert-OH is 1. The molecular weight excluding hydrogens is 372 g/mol. The fourth-order valence-electron chi connectivity index (χ4n) is 1.38. The molecule has 1 atom stereocenters. The predicted molar refractivity (Wildman–Crippen MR) is 86.1 cm³/mol. The van der Waals surface area contributed by atoms with E-state index >= 15 is 0 Å². The number of benzene rings is 1. The Morgan fingerprint density at radius 2 is 1.80 bits per heavy atom. The lowest BCUT2D eigenvalue weighted by Crippen LogP contribution is -2.25. The van der Waals surface area contributed by atoms with Gasteiger partial charge in [-0.2, -0.15) is 0 Å². The first-order valence-electron chi connectivity index (χ1n) is 5.40. The number of anilines is 1. The standard InChI is InChI=1S/C11H13Cl4FN2O.ClH/c12-7-3-6(4-8(13)10(7)17)9(19)5-18-2-1-11(14,15)16;/h3-4,9,18-19H,1-2,5,17H2;1H. The van der Waals surface area contributed by atoms with Crippen LogP contribution in [0.3, 0.4) is 0 Å². The zero-order valence-electron chi connectivity index (χ0n) is 10.2. The van der Waals surface area contributed by atoms with Crippen molar-refractivity contribution >= 4 is 64.5 Å². The lowest BCUT2D eigenvalue weighted by molar-refractivity contribution is 0.173. The number of nitrogen functional groups attached to an aromatic ring is 1. The van der Waals surface area contributed by atoms with E-state index in [-0.39, 0.29) is 47.7 Å². The summed E-state index contributed by atoms with van der Waals surface area (Å²) in [7, 11) is 0. The Labute approximate surface area is 142 Å². The maximum atomic E-state index is 12.8. The summed E-state index contributed by atoms with van der Waals surface area (Å²) in [6.45, 7) is 0.400. The Hall–Kier alpha value is 0.320. The molecule has 0 saturated carbocycles. The average Bonchev–Trinajstić information content (AvgIpc) is 2.29. The van der Waals surface area contributed by atoms with Crippen LogP contribution in [-0.4, -0.2) is 22.8 Å². The second-order valence-electron chi connectivity index (χ2n) is 3.98. The van der Waals surface area contributed by atoms with Crippen LogP contribution in [0.4, 0.5) is 10.1 Å². The molecule has 1 aromatic rings. The van der Waals surface area contributed by atoms with Gasteiger partial charge in [0.1, 0.15) is 0 Å². The predicted octanol–water partition coefficient (Wildman–Crippen LogP) is 4.11. The van der Waals surface area contributed by atoms with Crippen molar-refractivity contribution < 1.29 is 9.50 Å². The van der Waals surface area contributed by atoms with Crippen molar-refractivity contribution in [1.29, 1.82) is 0 Å². The number of halogens is 6. The van der Waals surface area contributed by atoms with E-state index in [1.165, 1.54) is 12.1 Å². The molecule has 0 aliphatic heterocycles. The Morgan fingerprint density at radius 1 is 1.30 bits per heavy atom. The van der Waals surface area contributed by atoms with E-state index in [0.717, 1.165) is 0 Å². The maximum Gasteiger partial charge on any atom is 0.258 e. The fourth-order valence-corrected chi connectivity index (χ4v) is 2.08. The molecule has 0 amide bonds. The quantitative estimate of drug-likeness (QED) is 0.392. The van der Waals surface area contributed by atoms with Crippen molar-refractivity contribution in [2.24, 2.45) is 0 Å².